The van der Waals surface area contributed by atoms with Crippen LogP contribution in [-0.4, -0.2) is 33.3 Å². The van der Waals surface area contributed by atoms with E-state index in [0.29, 0.717) is 22.7 Å². The molecule has 0 amide bonds. The molecule has 0 spiro atoms. The number of nitrogens with zero attached hydrogens (tertiary/aromatic N) is 4. The van der Waals surface area contributed by atoms with E-state index in [1.54, 1.807) is 37.3 Å². The van der Waals surface area contributed by atoms with Gasteiger partial charge in [-0.15, -0.1) is 10.2 Å². The maximum absolute atomic E-state index is 12.7. The smallest absolute Gasteiger partial charge is 0.301 e. The minimum Gasteiger partial charge on any atom is -0.504 e. The molecule has 2 aromatic carbocycles. The van der Waals surface area contributed by atoms with Gasteiger partial charge in [0, 0.05) is 11.1 Å². The number of para-hydroxylation sites is 1. The number of ether oxygens (including phenoxy) is 1. The van der Waals surface area contributed by atoms with Crippen LogP contribution in [0.1, 0.15) is 11.4 Å². The summed E-state index contributed by atoms with van der Waals surface area (Å²) in [4.78, 5) is 12.7. The maximum atomic E-state index is 12.7. The fraction of sp³-hybridized carbons (Fsp3) is 0.111. The monoisotopic (exact) mass is 336 g/mol. The van der Waals surface area contributed by atoms with E-state index in [9.17, 15) is 9.90 Å². The highest BCUT2D eigenvalue weighted by Crippen LogP contribution is 2.28. The summed E-state index contributed by atoms with van der Waals surface area (Å²) in [5.41, 5.74) is 0.896. The molecular formula is C18H16N4O3. The van der Waals surface area contributed by atoms with Crippen LogP contribution in [-0.2, 0) is 0 Å². The van der Waals surface area contributed by atoms with Crippen molar-refractivity contribution in [2.24, 2.45) is 5.10 Å². The largest absolute Gasteiger partial charge is 0.504 e. The van der Waals surface area contributed by atoms with E-state index in [1.165, 1.54) is 13.3 Å². The van der Waals surface area contributed by atoms with Crippen LogP contribution >= 0.6 is 0 Å². The Labute approximate surface area is 143 Å². The molecule has 126 valence electrons. The van der Waals surface area contributed by atoms with Gasteiger partial charge in [0.2, 0.25) is 0 Å². The number of aromatic hydroxyl groups is 1. The molecule has 3 aromatic rings. The first-order valence-electron chi connectivity index (χ1n) is 7.54. The summed E-state index contributed by atoms with van der Waals surface area (Å²) in [6, 6.07) is 14.1. The summed E-state index contributed by atoms with van der Waals surface area (Å²) in [6.45, 7) is 1.63. The minimum absolute atomic E-state index is 0.0512. The average molecular weight is 336 g/mol. The first-order valence-corrected chi connectivity index (χ1v) is 7.54. The van der Waals surface area contributed by atoms with Crippen molar-refractivity contribution in [1.82, 2.24) is 14.9 Å². The summed E-state index contributed by atoms with van der Waals surface area (Å²) < 4.78 is 6.21. The molecule has 7 nitrogen and oxygen atoms in total. The lowest BCUT2D eigenvalue weighted by molar-refractivity contribution is 0.373. The fourth-order valence-electron chi connectivity index (χ4n) is 2.30. The first-order chi connectivity index (χ1) is 12.1. The third kappa shape index (κ3) is 3.25. The second-order valence-electron chi connectivity index (χ2n) is 5.22. The summed E-state index contributed by atoms with van der Waals surface area (Å²) >= 11 is 0. The molecule has 25 heavy (non-hydrogen) atoms. The summed E-state index contributed by atoms with van der Waals surface area (Å²) in [6.07, 6.45) is 1.38. The highest BCUT2D eigenvalue weighted by Gasteiger charge is 2.11. The number of aryl methyl sites for hydroxylation is 1. The molecule has 0 atom stereocenters. The molecule has 7 heteroatoms. The number of rotatable bonds is 4. The Bertz CT molecular complexity index is 981. The van der Waals surface area contributed by atoms with Crippen molar-refractivity contribution < 1.29 is 9.84 Å². The second-order valence-corrected chi connectivity index (χ2v) is 5.22. The minimum atomic E-state index is -0.391. The van der Waals surface area contributed by atoms with Gasteiger partial charge in [0.1, 0.15) is 0 Å². The van der Waals surface area contributed by atoms with Crippen LogP contribution in [0.4, 0.5) is 0 Å². The average Bonchev–Trinajstić information content (AvgIpc) is 2.63. The summed E-state index contributed by atoms with van der Waals surface area (Å²) in [7, 11) is 1.46. The quantitative estimate of drug-likeness (QED) is 0.738. The van der Waals surface area contributed by atoms with Crippen LogP contribution in [0.25, 0.3) is 11.3 Å². The first kappa shape index (κ1) is 16.4. The van der Waals surface area contributed by atoms with Crippen LogP contribution in [0.5, 0.6) is 11.5 Å². The molecule has 0 bridgehead atoms. The van der Waals surface area contributed by atoms with E-state index >= 15 is 0 Å². The number of aromatic nitrogens is 3. The van der Waals surface area contributed by atoms with Gasteiger partial charge in [-0.25, -0.2) is 0 Å². The molecule has 3 rings (SSSR count). The van der Waals surface area contributed by atoms with Crippen LogP contribution in [0.3, 0.4) is 0 Å². The molecule has 1 heterocycles. The third-order valence-corrected chi connectivity index (χ3v) is 3.61. The highest BCUT2D eigenvalue weighted by atomic mass is 16.5. The maximum Gasteiger partial charge on any atom is 0.301 e. The van der Waals surface area contributed by atoms with Gasteiger partial charge in [-0.05, 0) is 19.1 Å². The van der Waals surface area contributed by atoms with Gasteiger partial charge in [0.15, 0.2) is 23.0 Å². The van der Waals surface area contributed by atoms with Crippen LogP contribution in [0.15, 0.2) is 58.4 Å². The number of hydrogen-bond acceptors (Lipinski definition) is 6. The molecule has 1 aromatic heterocycles. The van der Waals surface area contributed by atoms with Crippen LogP contribution < -0.4 is 10.3 Å². The van der Waals surface area contributed by atoms with Crippen molar-refractivity contribution in [3.05, 3.63) is 70.3 Å². The van der Waals surface area contributed by atoms with E-state index in [1.807, 2.05) is 18.2 Å². The standard InChI is InChI=1S/C18H16N4O3/c1-12-20-21-16(13-7-4-3-5-8-13)18(24)22(12)19-11-14-9-6-10-15(25-2)17(14)23/h3-11,23H,1-2H3/b19-11+. The zero-order valence-corrected chi connectivity index (χ0v) is 13.7. The van der Waals surface area contributed by atoms with Crippen molar-refractivity contribution >= 4 is 6.21 Å². The lowest BCUT2D eigenvalue weighted by atomic mass is 10.2. The van der Waals surface area contributed by atoms with Crippen molar-refractivity contribution in [2.45, 2.75) is 6.92 Å². The number of phenolic OH excluding ortho intramolecular Hbond substituents is 1. The van der Waals surface area contributed by atoms with Crippen molar-refractivity contribution in [3.8, 4) is 22.8 Å². The van der Waals surface area contributed by atoms with E-state index < -0.39 is 5.56 Å². The Morgan fingerprint density at radius 3 is 2.60 bits per heavy atom. The van der Waals surface area contributed by atoms with Crippen molar-refractivity contribution in [2.75, 3.05) is 7.11 Å². The van der Waals surface area contributed by atoms with E-state index in [-0.39, 0.29) is 11.4 Å². The van der Waals surface area contributed by atoms with E-state index in [0.717, 1.165) is 4.68 Å². The van der Waals surface area contributed by atoms with Gasteiger partial charge in [-0.1, -0.05) is 36.4 Å². The number of phenols is 1. The Balaban J connectivity index is 2.05. The van der Waals surface area contributed by atoms with Crippen molar-refractivity contribution in [1.29, 1.82) is 0 Å². The summed E-state index contributed by atoms with van der Waals surface area (Å²) in [5, 5.41) is 22.2. The van der Waals surface area contributed by atoms with E-state index in [4.69, 9.17) is 4.74 Å². The number of benzene rings is 2. The molecule has 1 N–H and O–H groups in total. The van der Waals surface area contributed by atoms with Crippen LogP contribution in [0, 0.1) is 6.92 Å². The number of hydrogen-bond donors (Lipinski definition) is 1. The SMILES string of the molecule is COc1cccc(/C=N/n2c(C)nnc(-c3ccccc3)c2=O)c1O. The molecule has 0 fully saturated rings. The van der Waals surface area contributed by atoms with Crippen molar-refractivity contribution in [3.63, 3.8) is 0 Å². The zero-order chi connectivity index (χ0) is 17.8. The van der Waals surface area contributed by atoms with Gasteiger partial charge in [0.25, 0.3) is 0 Å². The van der Waals surface area contributed by atoms with E-state index in [2.05, 4.69) is 15.3 Å². The molecule has 0 radical (unpaired) electrons. The Morgan fingerprint density at radius 1 is 1.12 bits per heavy atom. The fourth-order valence-corrected chi connectivity index (χ4v) is 2.30. The molecule has 0 unspecified atom stereocenters. The van der Waals surface area contributed by atoms with Gasteiger partial charge in [-0.3, -0.25) is 4.79 Å². The Morgan fingerprint density at radius 2 is 1.88 bits per heavy atom. The molecule has 0 saturated carbocycles. The Hall–Kier alpha value is -3.48. The third-order valence-electron chi connectivity index (χ3n) is 3.61. The molecule has 0 saturated heterocycles. The molecule has 0 aliphatic rings. The van der Waals surface area contributed by atoms with Gasteiger partial charge in [-0.2, -0.15) is 9.78 Å². The lowest BCUT2D eigenvalue weighted by Crippen LogP contribution is -2.23. The topological polar surface area (TPSA) is 89.6 Å². The van der Waals surface area contributed by atoms with Gasteiger partial charge in [0.05, 0.1) is 13.3 Å². The second kappa shape index (κ2) is 6.96. The van der Waals surface area contributed by atoms with Gasteiger partial charge >= 0.3 is 5.56 Å². The summed E-state index contributed by atoms with van der Waals surface area (Å²) in [5.74, 6) is 0.610. The van der Waals surface area contributed by atoms with Gasteiger partial charge < -0.3 is 9.84 Å². The predicted octanol–water partition coefficient (Wildman–Crippen LogP) is 2.21. The predicted molar refractivity (Wildman–Crippen MR) is 94.1 cm³/mol. The molecule has 0 aliphatic carbocycles. The normalized spacial score (nSPS) is 11.0. The number of methoxy groups -OCH3 is 1. The lowest BCUT2D eigenvalue weighted by Gasteiger charge is -2.07. The van der Waals surface area contributed by atoms with Crippen LogP contribution in [0.2, 0.25) is 0 Å². The zero-order valence-electron chi connectivity index (χ0n) is 13.7. The highest BCUT2D eigenvalue weighted by molar-refractivity contribution is 5.84. The molecular weight excluding hydrogens is 320 g/mol. The molecule has 0 aliphatic heterocycles. The Kier molecular flexibility index (Phi) is 4.56.